The van der Waals surface area contributed by atoms with Crippen LogP contribution in [0.15, 0.2) is 6.07 Å². The molecule has 104 valence electrons. The van der Waals surface area contributed by atoms with E-state index in [1.54, 1.807) is 0 Å². The van der Waals surface area contributed by atoms with Crippen LogP contribution in [0.1, 0.15) is 25.1 Å². The number of rotatable bonds is 5. The van der Waals surface area contributed by atoms with Crippen LogP contribution in [0.5, 0.6) is 0 Å². The summed E-state index contributed by atoms with van der Waals surface area (Å²) >= 11 is 0. The average molecular weight is 261 g/mol. The number of hydrogen-bond acceptors (Lipinski definition) is 5. The van der Waals surface area contributed by atoms with Gasteiger partial charge >= 0.3 is 0 Å². The summed E-state index contributed by atoms with van der Waals surface area (Å²) < 4.78 is 0. The van der Waals surface area contributed by atoms with Gasteiger partial charge in [-0.25, -0.2) is 9.97 Å². The normalized spacial score (nSPS) is 22.5. The first-order chi connectivity index (χ1) is 9.20. The fraction of sp³-hybridized carbons (Fsp3) is 0.714. The standard InChI is InChI=1S/C14H23N5/c1-10-16-13(18-12-3-4-12)7-14(17-10)19(2)9-11-5-6-15-8-11/h7,11-12,15H,3-6,8-9H2,1-2H3,(H,16,17,18). The first-order valence-electron chi connectivity index (χ1n) is 7.25. The maximum atomic E-state index is 4.56. The molecule has 0 bridgehead atoms. The van der Waals surface area contributed by atoms with Crippen LogP contribution in [-0.2, 0) is 0 Å². The molecule has 1 atom stereocenters. The number of anilines is 2. The second-order valence-corrected chi connectivity index (χ2v) is 5.82. The second kappa shape index (κ2) is 5.33. The lowest BCUT2D eigenvalue weighted by Crippen LogP contribution is -2.27. The minimum atomic E-state index is 0.631. The molecule has 5 nitrogen and oxygen atoms in total. The highest BCUT2D eigenvalue weighted by atomic mass is 15.2. The molecule has 2 fully saturated rings. The Morgan fingerprint density at radius 3 is 2.89 bits per heavy atom. The lowest BCUT2D eigenvalue weighted by Gasteiger charge is -2.22. The van der Waals surface area contributed by atoms with E-state index >= 15 is 0 Å². The fourth-order valence-corrected chi connectivity index (χ4v) is 2.61. The van der Waals surface area contributed by atoms with Gasteiger partial charge < -0.3 is 15.5 Å². The van der Waals surface area contributed by atoms with Crippen molar-refractivity contribution in [1.29, 1.82) is 0 Å². The van der Waals surface area contributed by atoms with Crippen LogP contribution in [0, 0.1) is 12.8 Å². The Labute approximate surface area is 114 Å². The molecule has 2 heterocycles. The minimum absolute atomic E-state index is 0.631. The van der Waals surface area contributed by atoms with Crippen LogP contribution >= 0.6 is 0 Å². The van der Waals surface area contributed by atoms with Gasteiger partial charge in [0.05, 0.1) is 0 Å². The van der Waals surface area contributed by atoms with Crippen molar-refractivity contribution in [2.75, 3.05) is 36.9 Å². The van der Waals surface area contributed by atoms with E-state index < -0.39 is 0 Å². The smallest absolute Gasteiger partial charge is 0.134 e. The topological polar surface area (TPSA) is 53.1 Å². The number of hydrogen-bond donors (Lipinski definition) is 2. The third kappa shape index (κ3) is 3.35. The number of aryl methyl sites for hydroxylation is 1. The van der Waals surface area contributed by atoms with Crippen LogP contribution in [0.4, 0.5) is 11.6 Å². The molecule has 1 aromatic heterocycles. The molecule has 5 heteroatoms. The quantitative estimate of drug-likeness (QED) is 0.839. The lowest BCUT2D eigenvalue weighted by molar-refractivity contribution is 0.575. The Balaban J connectivity index is 1.68. The van der Waals surface area contributed by atoms with E-state index in [4.69, 9.17) is 0 Å². The average Bonchev–Trinajstić information content (AvgIpc) is 3.03. The molecular weight excluding hydrogens is 238 g/mol. The molecule has 2 aliphatic rings. The summed E-state index contributed by atoms with van der Waals surface area (Å²) in [5, 5.41) is 6.87. The summed E-state index contributed by atoms with van der Waals surface area (Å²) in [6, 6.07) is 2.71. The molecule has 0 radical (unpaired) electrons. The predicted molar refractivity (Wildman–Crippen MR) is 77.7 cm³/mol. The van der Waals surface area contributed by atoms with E-state index in [1.807, 2.05) is 6.92 Å². The monoisotopic (exact) mass is 261 g/mol. The fourth-order valence-electron chi connectivity index (χ4n) is 2.61. The third-order valence-corrected chi connectivity index (χ3v) is 3.84. The number of aromatic nitrogens is 2. The summed E-state index contributed by atoms with van der Waals surface area (Å²) in [4.78, 5) is 11.3. The molecule has 1 saturated carbocycles. The third-order valence-electron chi connectivity index (χ3n) is 3.84. The molecule has 2 N–H and O–H groups in total. The first-order valence-corrected chi connectivity index (χ1v) is 7.25. The van der Waals surface area contributed by atoms with Crippen LogP contribution in [0.25, 0.3) is 0 Å². The van der Waals surface area contributed by atoms with Crippen molar-refractivity contribution in [3.05, 3.63) is 11.9 Å². The zero-order valence-corrected chi connectivity index (χ0v) is 11.8. The number of nitrogens with one attached hydrogen (secondary N) is 2. The van der Waals surface area contributed by atoms with Gasteiger partial charge in [-0.05, 0) is 45.2 Å². The van der Waals surface area contributed by atoms with Crippen molar-refractivity contribution in [3.8, 4) is 0 Å². The molecule has 0 aromatic carbocycles. The highest BCUT2D eigenvalue weighted by Gasteiger charge is 2.22. The zero-order valence-electron chi connectivity index (χ0n) is 11.8. The second-order valence-electron chi connectivity index (χ2n) is 5.82. The zero-order chi connectivity index (χ0) is 13.2. The van der Waals surface area contributed by atoms with Crippen molar-refractivity contribution in [3.63, 3.8) is 0 Å². The van der Waals surface area contributed by atoms with E-state index in [9.17, 15) is 0 Å². The van der Waals surface area contributed by atoms with Gasteiger partial charge in [0.15, 0.2) is 0 Å². The molecule has 1 aliphatic carbocycles. The SMILES string of the molecule is Cc1nc(NC2CC2)cc(N(C)CC2CCNC2)n1. The van der Waals surface area contributed by atoms with Gasteiger partial charge in [0, 0.05) is 25.7 Å². The Hall–Kier alpha value is -1.36. The highest BCUT2D eigenvalue weighted by Crippen LogP contribution is 2.25. The van der Waals surface area contributed by atoms with Gasteiger partial charge in [-0.2, -0.15) is 0 Å². The van der Waals surface area contributed by atoms with Gasteiger partial charge in [-0.1, -0.05) is 0 Å². The summed E-state index contributed by atoms with van der Waals surface area (Å²) in [6.07, 6.45) is 3.80. The van der Waals surface area contributed by atoms with E-state index in [1.165, 1.54) is 19.3 Å². The van der Waals surface area contributed by atoms with Gasteiger partial charge in [0.2, 0.25) is 0 Å². The van der Waals surface area contributed by atoms with Crippen LogP contribution < -0.4 is 15.5 Å². The largest absolute Gasteiger partial charge is 0.367 e. The lowest BCUT2D eigenvalue weighted by atomic mass is 10.1. The van der Waals surface area contributed by atoms with Crippen molar-refractivity contribution in [2.45, 2.75) is 32.2 Å². The van der Waals surface area contributed by atoms with E-state index in [2.05, 4.69) is 38.6 Å². The van der Waals surface area contributed by atoms with Crippen LogP contribution in [-0.4, -0.2) is 42.7 Å². The van der Waals surface area contributed by atoms with Crippen molar-refractivity contribution < 1.29 is 0 Å². The summed E-state index contributed by atoms with van der Waals surface area (Å²) in [5.74, 6) is 3.58. The Morgan fingerprint density at radius 2 is 2.21 bits per heavy atom. The van der Waals surface area contributed by atoms with Gasteiger partial charge in [-0.15, -0.1) is 0 Å². The van der Waals surface area contributed by atoms with Crippen LogP contribution in [0.3, 0.4) is 0 Å². The van der Waals surface area contributed by atoms with Gasteiger partial charge in [0.1, 0.15) is 17.5 Å². The number of nitrogens with zero attached hydrogens (tertiary/aromatic N) is 3. The van der Waals surface area contributed by atoms with E-state index in [0.717, 1.165) is 43.0 Å². The summed E-state index contributed by atoms with van der Waals surface area (Å²) in [6.45, 7) is 5.30. The first kappa shape index (κ1) is 12.7. The highest BCUT2D eigenvalue weighted by molar-refractivity contribution is 5.50. The predicted octanol–water partition coefficient (Wildman–Crippen LogP) is 1.41. The molecule has 1 aliphatic heterocycles. The van der Waals surface area contributed by atoms with Crippen molar-refractivity contribution in [2.24, 2.45) is 5.92 Å². The Morgan fingerprint density at radius 1 is 1.37 bits per heavy atom. The van der Waals surface area contributed by atoms with Gasteiger partial charge in [-0.3, -0.25) is 0 Å². The van der Waals surface area contributed by atoms with E-state index in [0.29, 0.717) is 6.04 Å². The maximum absolute atomic E-state index is 4.56. The van der Waals surface area contributed by atoms with Crippen molar-refractivity contribution in [1.82, 2.24) is 15.3 Å². The Bertz CT molecular complexity index is 437. The minimum Gasteiger partial charge on any atom is -0.367 e. The molecule has 0 amide bonds. The summed E-state index contributed by atoms with van der Waals surface area (Å²) in [7, 11) is 2.13. The van der Waals surface area contributed by atoms with Crippen molar-refractivity contribution >= 4 is 11.6 Å². The maximum Gasteiger partial charge on any atom is 0.134 e. The molecule has 1 saturated heterocycles. The molecule has 1 unspecified atom stereocenters. The molecule has 19 heavy (non-hydrogen) atoms. The Kier molecular flexibility index (Phi) is 3.55. The molecular formula is C14H23N5. The van der Waals surface area contributed by atoms with Gasteiger partial charge in [0.25, 0.3) is 0 Å². The molecule has 1 aromatic rings. The molecule has 3 rings (SSSR count). The molecule has 0 spiro atoms. The van der Waals surface area contributed by atoms with E-state index in [-0.39, 0.29) is 0 Å². The van der Waals surface area contributed by atoms with Crippen LogP contribution in [0.2, 0.25) is 0 Å². The summed E-state index contributed by atoms with van der Waals surface area (Å²) in [5.41, 5.74) is 0.